The molecule has 0 radical (unpaired) electrons. The SMILES string of the molecule is CC(C)Nc1ccc(C(F)(F)F)c(CN)c1. The van der Waals surface area contributed by atoms with Crippen LogP contribution in [0.25, 0.3) is 0 Å². The van der Waals surface area contributed by atoms with E-state index in [-0.39, 0.29) is 18.2 Å². The monoisotopic (exact) mass is 232 g/mol. The Morgan fingerprint density at radius 1 is 1.31 bits per heavy atom. The Labute approximate surface area is 92.6 Å². The van der Waals surface area contributed by atoms with Gasteiger partial charge in [0.15, 0.2) is 0 Å². The van der Waals surface area contributed by atoms with Crippen LogP contribution in [0.4, 0.5) is 18.9 Å². The molecule has 0 unspecified atom stereocenters. The van der Waals surface area contributed by atoms with E-state index in [9.17, 15) is 13.2 Å². The molecular weight excluding hydrogens is 217 g/mol. The summed E-state index contributed by atoms with van der Waals surface area (Å²) >= 11 is 0. The van der Waals surface area contributed by atoms with Crippen LogP contribution < -0.4 is 11.1 Å². The van der Waals surface area contributed by atoms with Gasteiger partial charge in [0.2, 0.25) is 0 Å². The van der Waals surface area contributed by atoms with Gasteiger partial charge in [-0.25, -0.2) is 0 Å². The number of hydrogen-bond donors (Lipinski definition) is 2. The number of nitrogens with one attached hydrogen (secondary N) is 1. The molecule has 3 N–H and O–H groups in total. The maximum Gasteiger partial charge on any atom is 0.416 e. The van der Waals surface area contributed by atoms with E-state index < -0.39 is 11.7 Å². The van der Waals surface area contributed by atoms with Crippen molar-refractivity contribution in [3.63, 3.8) is 0 Å². The van der Waals surface area contributed by atoms with E-state index in [1.165, 1.54) is 12.1 Å². The zero-order valence-corrected chi connectivity index (χ0v) is 9.23. The summed E-state index contributed by atoms with van der Waals surface area (Å²) in [6.45, 7) is 3.71. The van der Waals surface area contributed by atoms with Crippen LogP contribution in [0.1, 0.15) is 25.0 Å². The molecule has 1 aromatic rings. The first kappa shape index (κ1) is 12.8. The topological polar surface area (TPSA) is 38.0 Å². The Kier molecular flexibility index (Phi) is 3.80. The first-order chi connectivity index (χ1) is 7.34. The Hall–Kier alpha value is -1.23. The fourth-order valence-electron chi connectivity index (χ4n) is 1.46. The van der Waals surface area contributed by atoms with E-state index in [0.29, 0.717) is 5.69 Å². The van der Waals surface area contributed by atoms with Gasteiger partial charge in [-0.1, -0.05) is 0 Å². The summed E-state index contributed by atoms with van der Waals surface area (Å²) in [6.07, 6.45) is -4.34. The highest BCUT2D eigenvalue weighted by Gasteiger charge is 2.32. The van der Waals surface area contributed by atoms with E-state index in [2.05, 4.69) is 5.32 Å². The second-order valence-electron chi connectivity index (χ2n) is 3.87. The molecule has 0 heterocycles. The van der Waals surface area contributed by atoms with Crippen LogP contribution in [0.15, 0.2) is 18.2 Å². The Morgan fingerprint density at radius 3 is 2.38 bits per heavy atom. The van der Waals surface area contributed by atoms with Gasteiger partial charge >= 0.3 is 6.18 Å². The van der Waals surface area contributed by atoms with Gasteiger partial charge in [0, 0.05) is 18.3 Å². The lowest BCUT2D eigenvalue weighted by atomic mass is 10.1. The first-order valence-electron chi connectivity index (χ1n) is 5.01. The van der Waals surface area contributed by atoms with Crippen molar-refractivity contribution < 1.29 is 13.2 Å². The van der Waals surface area contributed by atoms with Crippen molar-refractivity contribution in [3.8, 4) is 0 Å². The molecule has 90 valence electrons. The number of rotatable bonds is 3. The number of nitrogens with two attached hydrogens (primary N) is 1. The molecule has 0 bridgehead atoms. The molecule has 0 aliphatic rings. The Bertz CT molecular complexity index is 359. The van der Waals surface area contributed by atoms with Crippen molar-refractivity contribution in [3.05, 3.63) is 29.3 Å². The summed E-state index contributed by atoms with van der Waals surface area (Å²) in [5, 5.41) is 3.04. The highest BCUT2D eigenvalue weighted by molar-refractivity contribution is 5.50. The van der Waals surface area contributed by atoms with E-state index in [0.717, 1.165) is 6.07 Å². The van der Waals surface area contributed by atoms with Crippen LogP contribution in [-0.2, 0) is 12.7 Å². The predicted molar refractivity (Wildman–Crippen MR) is 58.1 cm³/mol. The minimum absolute atomic E-state index is 0.109. The molecule has 0 aliphatic heterocycles. The molecule has 0 aromatic heterocycles. The van der Waals surface area contributed by atoms with Crippen molar-refractivity contribution in [2.45, 2.75) is 32.6 Å². The van der Waals surface area contributed by atoms with Gasteiger partial charge in [-0.15, -0.1) is 0 Å². The highest BCUT2D eigenvalue weighted by Crippen LogP contribution is 2.33. The third-order valence-corrected chi connectivity index (χ3v) is 2.09. The number of alkyl halides is 3. The summed E-state index contributed by atoms with van der Waals surface area (Å²) < 4.78 is 37.7. The second-order valence-corrected chi connectivity index (χ2v) is 3.87. The summed E-state index contributed by atoms with van der Waals surface area (Å²) in [4.78, 5) is 0. The lowest BCUT2D eigenvalue weighted by Crippen LogP contribution is -2.14. The van der Waals surface area contributed by atoms with Crippen LogP contribution in [0.5, 0.6) is 0 Å². The smallest absolute Gasteiger partial charge is 0.383 e. The van der Waals surface area contributed by atoms with Crippen LogP contribution in [0, 0.1) is 0 Å². The molecule has 0 atom stereocenters. The van der Waals surface area contributed by atoms with Crippen molar-refractivity contribution in [1.29, 1.82) is 0 Å². The fraction of sp³-hybridized carbons (Fsp3) is 0.455. The maximum atomic E-state index is 12.6. The molecule has 0 aliphatic carbocycles. The largest absolute Gasteiger partial charge is 0.416 e. The predicted octanol–water partition coefficient (Wildman–Crippen LogP) is 2.98. The quantitative estimate of drug-likeness (QED) is 0.840. The third kappa shape index (κ3) is 3.13. The van der Waals surface area contributed by atoms with Crippen molar-refractivity contribution in [1.82, 2.24) is 0 Å². The average molecular weight is 232 g/mol. The van der Waals surface area contributed by atoms with Crippen LogP contribution in [0.3, 0.4) is 0 Å². The van der Waals surface area contributed by atoms with Gasteiger partial charge in [-0.2, -0.15) is 13.2 Å². The molecule has 0 fully saturated rings. The molecule has 0 amide bonds. The van der Waals surface area contributed by atoms with E-state index >= 15 is 0 Å². The van der Waals surface area contributed by atoms with Crippen molar-refractivity contribution in [2.24, 2.45) is 5.73 Å². The molecule has 5 heteroatoms. The average Bonchev–Trinajstić information content (AvgIpc) is 2.14. The number of benzene rings is 1. The van der Waals surface area contributed by atoms with Crippen LogP contribution in [-0.4, -0.2) is 6.04 Å². The van der Waals surface area contributed by atoms with Gasteiger partial charge in [0.25, 0.3) is 0 Å². The lowest BCUT2D eigenvalue weighted by Gasteiger charge is -2.15. The van der Waals surface area contributed by atoms with Gasteiger partial charge in [0.1, 0.15) is 0 Å². The van der Waals surface area contributed by atoms with Gasteiger partial charge in [-0.3, -0.25) is 0 Å². The zero-order valence-electron chi connectivity index (χ0n) is 9.23. The van der Waals surface area contributed by atoms with Crippen molar-refractivity contribution in [2.75, 3.05) is 5.32 Å². The van der Waals surface area contributed by atoms with Gasteiger partial charge in [0.05, 0.1) is 5.56 Å². The molecular formula is C11H15F3N2. The standard InChI is InChI=1S/C11H15F3N2/c1-7(2)16-9-3-4-10(11(12,13)14)8(5-9)6-15/h3-5,7,16H,6,15H2,1-2H3. The van der Waals surface area contributed by atoms with E-state index in [1.807, 2.05) is 13.8 Å². The normalized spacial score (nSPS) is 11.9. The number of anilines is 1. The highest BCUT2D eigenvalue weighted by atomic mass is 19.4. The molecule has 1 rings (SSSR count). The molecule has 0 spiro atoms. The summed E-state index contributed by atoms with van der Waals surface area (Å²) in [6, 6.07) is 4.10. The lowest BCUT2D eigenvalue weighted by molar-refractivity contribution is -0.138. The van der Waals surface area contributed by atoms with Crippen LogP contribution >= 0.6 is 0 Å². The molecule has 0 saturated heterocycles. The zero-order chi connectivity index (χ0) is 12.3. The minimum Gasteiger partial charge on any atom is -0.383 e. The Morgan fingerprint density at radius 2 is 1.94 bits per heavy atom. The fourth-order valence-corrected chi connectivity index (χ4v) is 1.46. The van der Waals surface area contributed by atoms with Crippen molar-refractivity contribution >= 4 is 5.69 Å². The number of hydrogen-bond acceptors (Lipinski definition) is 2. The summed E-state index contributed by atoms with van der Waals surface area (Å²) in [5.74, 6) is 0. The van der Waals surface area contributed by atoms with Gasteiger partial charge < -0.3 is 11.1 Å². The van der Waals surface area contributed by atoms with E-state index in [1.54, 1.807) is 0 Å². The first-order valence-corrected chi connectivity index (χ1v) is 5.01. The van der Waals surface area contributed by atoms with Crippen LogP contribution in [0.2, 0.25) is 0 Å². The summed E-state index contributed by atoms with van der Waals surface area (Å²) in [7, 11) is 0. The molecule has 16 heavy (non-hydrogen) atoms. The molecule has 1 aromatic carbocycles. The van der Waals surface area contributed by atoms with Gasteiger partial charge in [-0.05, 0) is 37.6 Å². The Balaban J connectivity index is 3.07. The maximum absolute atomic E-state index is 12.6. The minimum atomic E-state index is -4.34. The third-order valence-electron chi connectivity index (χ3n) is 2.09. The summed E-state index contributed by atoms with van der Waals surface area (Å²) in [5.41, 5.74) is 5.42. The molecule has 2 nitrogen and oxygen atoms in total. The van der Waals surface area contributed by atoms with E-state index in [4.69, 9.17) is 5.73 Å². The number of halogens is 3. The molecule has 0 saturated carbocycles. The second kappa shape index (κ2) is 4.74.